The van der Waals surface area contributed by atoms with Crippen LogP contribution >= 0.6 is 0 Å². The summed E-state index contributed by atoms with van der Waals surface area (Å²) in [5, 5.41) is 10.7. The zero-order valence-corrected chi connectivity index (χ0v) is 5.50. The van der Waals surface area contributed by atoms with Gasteiger partial charge in [0.2, 0.25) is 5.82 Å². The number of aromatic nitrogens is 3. The predicted octanol–water partition coefficient (Wildman–Crippen LogP) is -1.26. The molecular formula is C4H8N6. The van der Waals surface area contributed by atoms with Gasteiger partial charge < -0.3 is 11.2 Å². The van der Waals surface area contributed by atoms with E-state index in [1.54, 1.807) is 7.05 Å². The fourth-order valence-electron chi connectivity index (χ4n) is 0.494. The molecule has 0 amide bonds. The lowest BCUT2D eigenvalue weighted by Gasteiger charge is -1.92. The Labute approximate surface area is 57.5 Å². The lowest BCUT2D eigenvalue weighted by molar-refractivity contribution is 0.777. The molecule has 0 aromatic carbocycles. The van der Waals surface area contributed by atoms with Gasteiger partial charge in [-0.3, -0.25) is 5.41 Å². The third-order valence-corrected chi connectivity index (χ3v) is 0.962. The molecular weight excluding hydrogens is 132 g/mol. The van der Waals surface area contributed by atoms with E-state index in [0.29, 0.717) is 0 Å². The number of nitrogen functional groups attached to an aromatic ring is 1. The Morgan fingerprint density at radius 3 is 2.90 bits per heavy atom. The van der Waals surface area contributed by atoms with Crippen LogP contribution in [0.4, 0.5) is 0 Å². The van der Waals surface area contributed by atoms with E-state index in [2.05, 4.69) is 15.5 Å². The van der Waals surface area contributed by atoms with Gasteiger partial charge in [0.1, 0.15) is 6.33 Å². The Hall–Kier alpha value is -1.59. The van der Waals surface area contributed by atoms with E-state index in [4.69, 9.17) is 11.1 Å². The summed E-state index contributed by atoms with van der Waals surface area (Å²) in [6, 6.07) is 0. The highest BCUT2D eigenvalue weighted by molar-refractivity contribution is 5.90. The van der Waals surface area contributed by atoms with Crippen molar-refractivity contribution < 1.29 is 0 Å². The molecule has 1 rings (SSSR count). The number of nitrogens with one attached hydrogen (secondary N) is 2. The van der Waals surface area contributed by atoms with E-state index in [1.165, 1.54) is 11.1 Å². The summed E-state index contributed by atoms with van der Waals surface area (Å²) in [7, 11) is 1.69. The summed E-state index contributed by atoms with van der Waals surface area (Å²) in [6.45, 7) is 0. The van der Waals surface area contributed by atoms with Crippen LogP contribution < -0.4 is 11.2 Å². The highest BCUT2D eigenvalue weighted by Gasteiger charge is 2.00. The molecule has 6 heteroatoms. The highest BCUT2D eigenvalue weighted by Crippen LogP contribution is 1.83. The minimum atomic E-state index is -0.131. The molecule has 0 aliphatic carbocycles. The van der Waals surface area contributed by atoms with Crippen LogP contribution in [0.1, 0.15) is 5.82 Å². The van der Waals surface area contributed by atoms with Crippen LogP contribution in [0.2, 0.25) is 0 Å². The molecule has 0 unspecified atom stereocenters. The van der Waals surface area contributed by atoms with Gasteiger partial charge in [0.15, 0.2) is 5.84 Å². The normalized spacial score (nSPS) is 9.30. The maximum absolute atomic E-state index is 6.94. The third-order valence-electron chi connectivity index (χ3n) is 0.962. The second kappa shape index (κ2) is 2.34. The molecule has 0 bridgehead atoms. The minimum Gasteiger partial charge on any atom is -0.381 e. The van der Waals surface area contributed by atoms with Crippen molar-refractivity contribution in [2.45, 2.75) is 0 Å². The number of nitrogens with two attached hydrogens (primary N) is 1. The van der Waals surface area contributed by atoms with Gasteiger partial charge in [-0.05, 0) is 0 Å². The molecule has 0 aliphatic heterocycles. The average molecular weight is 140 g/mol. The summed E-state index contributed by atoms with van der Waals surface area (Å²) in [5.41, 5.74) is 7.79. The second-order valence-electron chi connectivity index (χ2n) is 1.65. The van der Waals surface area contributed by atoms with Gasteiger partial charge in [-0.15, -0.1) is 5.10 Å². The largest absolute Gasteiger partial charge is 0.381 e. The molecule has 10 heavy (non-hydrogen) atoms. The number of nitrogens with zero attached hydrogens (tertiary/aromatic N) is 3. The SMILES string of the molecule is CNn1cnc(C(=N)N)n1. The molecule has 0 fully saturated rings. The summed E-state index contributed by atoms with van der Waals surface area (Å²) in [4.78, 5) is 5.10. The summed E-state index contributed by atoms with van der Waals surface area (Å²) in [5.74, 6) is 0.100. The predicted molar refractivity (Wildman–Crippen MR) is 36.3 cm³/mol. The van der Waals surface area contributed by atoms with Crippen LogP contribution in [0, 0.1) is 5.41 Å². The van der Waals surface area contributed by atoms with Gasteiger partial charge in [0.25, 0.3) is 0 Å². The Bertz CT molecular complexity index is 238. The van der Waals surface area contributed by atoms with Gasteiger partial charge >= 0.3 is 0 Å². The molecule has 4 N–H and O–H groups in total. The van der Waals surface area contributed by atoms with Gasteiger partial charge in [-0.2, -0.15) is 4.79 Å². The Balaban J connectivity index is 2.88. The minimum absolute atomic E-state index is 0.131. The van der Waals surface area contributed by atoms with Gasteiger partial charge in [-0.25, -0.2) is 4.98 Å². The van der Waals surface area contributed by atoms with E-state index in [9.17, 15) is 0 Å². The van der Waals surface area contributed by atoms with Crippen molar-refractivity contribution in [1.82, 2.24) is 14.9 Å². The van der Waals surface area contributed by atoms with Gasteiger partial charge in [0, 0.05) is 7.05 Å². The molecule has 1 aromatic rings. The summed E-state index contributed by atoms with van der Waals surface area (Å²) >= 11 is 0. The van der Waals surface area contributed by atoms with Crippen molar-refractivity contribution in [3.8, 4) is 0 Å². The molecule has 0 aliphatic rings. The molecule has 0 radical (unpaired) electrons. The maximum atomic E-state index is 6.94. The standard InChI is InChI=1S/C4H8N6/c1-7-10-2-8-4(9-10)3(5)6/h2,7H,1H3,(H3,5,6). The number of rotatable bonds is 2. The fraction of sp³-hybridized carbons (Fsp3) is 0.250. The molecule has 0 saturated heterocycles. The monoisotopic (exact) mass is 140 g/mol. The number of amidine groups is 1. The molecule has 0 saturated carbocycles. The zero-order valence-electron chi connectivity index (χ0n) is 5.50. The van der Waals surface area contributed by atoms with Crippen molar-refractivity contribution in [3.63, 3.8) is 0 Å². The highest BCUT2D eigenvalue weighted by atomic mass is 15.6. The molecule has 0 atom stereocenters. The lowest BCUT2D eigenvalue weighted by atomic mass is 10.6. The Morgan fingerprint density at radius 1 is 1.90 bits per heavy atom. The van der Waals surface area contributed by atoms with Crippen molar-refractivity contribution in [2.24, 2.45) is 5.73 Å². The second-order valence-corrected chi connectivity index (χ2v) is 1.65. The third kappa shape index (κ3) is 1.04. The van der Waals surface area contributed by atoms with Crippen LogP contribution in [-0.4, -0.2) is 27.8 Å². The van der Waals surface area contributed by atoms with E-state index < -0.39 is 0 Å². The van der Waals surface area contributed by atoms with Crippen LogP contribution in [0.15, 0.2) is 6.33 Å². The first-order valence-corrected chi connectivity index (χ1v) is 2.68. The van der Waals surface area contributed by atoms with Gasteiger partial charge in [0.05, 0.1) is 0 Å². The first-order chi connectivity index (χ1) is 4.74. The average Bonchev–Trinajstić information content (AvgIpc) is 2.34. The molecule has 54 valence electrons. The summed E-state index contributed by atoms with van der Waals surface area (Å²) in [6.07, 6.45) is 1.44. The topological polar surface area (TPSA) is 92.6 Å². The number of hydrogen-bond donors (Lipinski definition) is 3. The molecule has 1 heterocycles. The van der Waals surface area contributed by atoms with E-state index in [-0.39, 0.29) is 11.7 Å². The van der Waals surface area contributed by atoms with Gasteiger partial charge in [-0.1, -0.05) is 0 Å². The Kier molecular flexibility index (Phi) is 1.53. The van der Waals surface area contributed by atoms with Crippen LogP contribution in [0.25, 0.3) is 0 Å². The molecule has 1 aromatic heterocycles. The first-order valence-electron chi connectivity index (χ1n) is 2.68. The van der Waals surface area contributed by atoms with Crippen molar-refractivity contribution >= 4 is 5.84 Å². The molecule has 0 spiro atoms. The van der Waals surface area contributed by atoms with Crippen molar-refractivity contribution in [1.29, 1.82) is 5.41 Å². The van der Waals surface area contributed by atoms with Crippen LogP contribution in [0.3, 0.4) is 0 Å². The van der Waals surface area contributed by atoms with E-state index in [1.807, 2.05) is 0 Å². The maximum Gasteiger partial charge on any atom is 0.217 e. The fourth-order valence-corrected chi connectivity index (χ4v) is 0.494. The lowest BCUT2D eigenvalue weighted by Crippen LogP contribution is -2.15. The van der Waals surface area contributed by atoms with Crippen molar-refractivity contribution in [3.05, 3.63) is 12.2 Å². The summed E-state index contributed by atoms with van der Waals surface area (Å²) < 4.78 is 0. The van der Waals surface area contributed by atoms with E-state index >= 15 is 0 Å². The molecule has 6 nitrogen and oxygen atoms in total. The van der Waals surface area contributed by atoms with E-state index in [0.717, 1.165) is 0 Å². The zero-order chi connectivity index (χ0) is 7.56. The number of hydrogen-bond acceptors (Lipinski definition) is 4. The smallest absolute Gasteiger partial charge is 0.217 e. The quantitative estimate of drug-likeness (QED) is 0.353. The van der Waals surface area contributed by atoms with Crippen LogP contribution in [-0.2, 0) is 0 Å². The van der Waals surface area contributed by atoms with Crippen molar-refractivity contribution in [2.75, 3.05) is 12.5 Å². The Morgan fingerprint density at radius 2 is 2.60 bits per heavy atom. The first kappa shape index (κ1) is 6.53. The van der Waals surface area contributed by atoms with Crippen LogP contribution in [0.5, 0.6) is 0 Å².